The lowest BCUT2D eigenvalue weighted by molar-refractivity contribution is 0.908. The number of nitrogens with zero attached hydrogens (tertiary/aromatic N) is 2. The van der Waals surface area contributed by atoms with Crippen LogP contribution in [0.1, 0.15) is 0 Å². The molecule has 1 N–H and O–H groups in total. The van der Waals surface area contributed by atoms with Gasteiger partial charge in [0.05, 0.1) is 22.4 Å². The summed E-state index contributed by atoms with van der Waals surface area (Å²) in [6, 6.07) is 60.2. The normalized spacial score (nSPS) is 14.7. The molecule has 8 aromatic carbocycles. The van der Waals surface area contributed by atoms with Crippen LogP contribution in [0.15, 0.2) is 188 Å². The lowest BCUT2D eigenvalue weighted by Crippen LogP contribution is -2.30. The maximum absolute atomic E-state index is 3.63. The second-order valence-corrected chi connectivity index (χ2v) is 13.8. The number of rotatable bonds is 4. The molecule has 244 valence electrons. The van der Waals surface area contributed by atoms with Crippen molar-refractivity contribution >= 4 is 54.7 Å². The highest BCUT2D eigenvalue weighted by Crippen LogP contribution is 2.46. The molecule has 1 atom stereocenters. The van der Waals surface area contributed by atoms with Gasteiger partial charge in [-0.3, -0.25) is 0 Å². The van der Waals surface area contributed by atoms with Crippen LogP contribution >= 0.6 is 0 Å². The average molecular weight is 664 g/mol. The Bertz CT molecular complexity index is 2880. The summed E-state index contributed by atoms with van der Waals surface area (Å²) in [5.41, 5.74) is 13.3. The van der Waals surface area contributed by atoms with Gasteiger partial charge in [0.2, 0.25) is 0 Å². The molecule has 3 heteroatoms. The lowest BCUT2D eigenvalue weighted by atomic mass is 9.86. The minimum atomic E-state index is 0.161. The third-order valence-electron chi connectivity index (χ3n) is 10.9. The van der Waals surface area contributed by atoms with Crippen LogP contribution in [0.5, 0.6) is 0 Å². The van der Waals surface area contributed by atoms with Crippen molar-refractivity contribution in [2.24, 2.45) is 0 Å². The topological polar surface area (TPSA) is 20.2 Å². The molecule has 0 aliphatic carbocycles. The number of hydrogen-bond acceptors (Lipinski definition) is 2. The van der Waals surface area contributed by atoms with Gasteiger partial charge < -0.3 is 14.8 Å². The van der Waals surface area contributed by atoms with Crippen LogP contribution in [0.2, 0.25) is 0 Å². The van der Waals surface area contributed by atoms with Gasteiger partial charge >= 0.3 is 0 Å². The highest BCUT2D eigenvalue weighted by atomic mass is 15.3. The quantitative estimate of drug-likeness (QED) is 0.189. The Morgan fingerprint density at radius 3 is 1.63 bits per heavy atom. The molecule has 0 spiro atoms. The second-order valence-electron chi connectivity index (χ2n) is 13.8. The Kier molecular flexibility index (Phi) is 6.31. The highest BCUT2D eigenvalue weighted by Gasteiger charge is 2.27. The predicted octanol–water partition coefficient (Wildman–Crippen LogP) is 12.7. The maximum Gasteiger partial charge on any atom is 0.123 e. The largest absolute Gasteiger partial charge is 0.360 e. The Hall–Kier alpha value is -6.84. The summed E-state index contributed by atoms with van der Waals surface area (Å²) in [6.45, 7) is 0. The third-order valence-corrected chi connectivity index (χ3v) is 10.9. The molecular weight excluding hydrogens is 631 g/mol. The molecule has 1 unspecified atom stereocenters. The van der Waals surface area contributed by atoms with E-state index in [-0.39, 0.29) is 6.17 Å². The molecular formula is C49H33N3. The molecule has 0 radical (unpaired) electrons. The number of allylic oxidation sites excluding steroid dienone is 2. The van der Waals surface area contributed by atoms with E-state index in [1.54, 1.807) is 0 Å². The van der Waals surface area contributed by atoms with Gasteiger partial charge in [0.15, 0.2) is 0 Å². The standard InChI is InChI=1S/C49H33N3/c1-3-13-32(14-4-1)48-37-17-7-9-19-39(37)49(40-20-10-8-18-38(40)48)35-24-27-45-42(30-35)41-29-33(23-26-44(41)52(45)36-15-5-2-6-16-36)34-22-25-43-46(31-34)51-28-12-11-21-47(51)50-43/h1-31,47,50H. The van der Waals surface area contributed by atoms with Crippen molar-refractivity contribution in [2.75, 3.05) is 10.2 Å². The van der Waals surface area contributed by atoms with Crippen LogP contribution in [0.3, 0.4) is 0 Å². The maximum atomic E-state index is 3.63. The number of fused-ring (bicyclic) bond motifs is 8. The van der Waals surface area contributed by atoms with Crippen molar-refractivity contribution in [2.45, 2.75) is 6.17 Å². The molecule has 11 rings (SSSR count). The molecule has 1 aromatic heterocycles. The van der Waals surface area contributed by atoms with Gasteiger partial charge in [-0.1, -0.05) is 121 Å². The summed E-state index contributed by atoms with van der Waals surface area (Å²) in [5.74, 6) is 0. The van der Waals surface area contributed by atoms with Crippen molar-refractivity contribution in [3.8, 4) is 39.1 Å². The molecule has 3 nitrogen and oxygen atoms in total. The van der Waals surface area contributed by atoms with Gasteiger partial charge in [0.1, 0.15) is 6.17 Å². The number of nitrogens with one attached hydrogen (secondary N) is 1. The summed E-state index contributed by atoms with van der Waals surface area (Å²) in [4.78, 5) is 2.31. The number of aromatic nitrogens is 1. The van der Waals surface area contributed by atoms with Crippen molar-refractivity contribution in [1.29, 1.82) is 0 Å². The van der Waals surface area contributed by atoms with E-state index in [1.807, 2.05) is 0 Å². The van der Waals surface area contributed by atoms with E-state index < -0.39 is 0 Å². The minimum Gasteiger partial charge on any atom is -0.360 e. The van der Waals surface area contributed by atoms with Gasteiger partial charge in [-0.15, -0.1) is 0 Å². The molecule has 3 heterocycles. The smallest absolute Gasteiger partial charge is 0.123 e. The zero-order valence-electron chi connectivity index (χ0n) is 28.4. The van der Waals surface area contributed by atoms with Crippen molar-refractivity contribution in [3.63, 3.8) is 0 Å². The van der Waals surface area contributed by atoms with Crippen molar-refractivity contribution < 1.29 is 0 Å². The molecule has 2 aliphatic rings. The van der Waals surface area contributed by atoms with Gasteiger partial charge in [-0.2, -0.15) is 0 Å². The Labute approximate surface area is 302 Å². The van der Waals surface area contributed by atoms with Crippen LogP contribution in [-0.4, -0.2) is 10.7 Å². The van der Waals surface area contributed by atoms with E-state index >= 15 is 0 Å². The molecule has 0 saturated heterocycles. The first-order valence-electron chi connectivity index (χ1n) is 18.0. The average Bonchev–Trinajstić information content (AvgIpc) is 3.75. The molecule has 9 aromatic rings. The highest BCUT2D eigenvalue weighted by molar-refractivity contribution is 6.22. The first-order chi connectivity index (χ1) is 25.8. The number of hydrogen-bond donors (Lipinski definition) is 1. The predicted molar refractivity (Wildman–Crippen MR) is 220 cm³/mol. The van der Waals surface area contributed by atoms with Crippen molar-refractivity contribution in [3.05, 3.63) is 188 Å². The molecule has 0 fully saturated rings. The molecule has 2 aliphatic heterocycles. The van der Waals surface area contributed by atoms with Crippen LogP contribution in [-0.2, 0) is 0 Å². The van der Waals surface area contributed by atoms with Gasteiger partial charge in [0, 0.05) is 22.7 Å². The van der Waals surface area contributed by atoms with E-state index in [9.17, 15) is 0 Å². The van der Waals surface area contributed by atoms with Crippen LogP contribution in [0.4, 0.5) is 11.4 Å². The third kappa shape index (κ3) is 4.33. The number of para-hydroxylation sites is 1. The van der Waals surface area contributed by atoms with Gasteiger partial charge in [-0.25, -0.2) is 0 Å². The number of anilines is 2. The first-order valence-corrected chi connectivity index (χ1v) is 18.0. The number of benzene rings is 8. The summed E-state index contributed by atoms with van der Waals surface area (Å²) >= 11 is 0. The Balaban J connectivity index is 1.16. The summed E-state index contributed by atoms with van der Waals surface area (Å²) < 4.78 is 2.41. The monoisotopic (exact) mass is 663 g/mol. The fraction of sp³-hybridized carbons (Fsp3) is 0.0204. The zero-order chi connectivity index (χ0) is 34.2. The molecule has 52 heavy (non-hydrogen) atoms. The van der Waals surface area contributed by atoms with E-state index in [2.05, 4.69) is 203 Å². The summed E-state index contributed by atoms with van der Waals surface area (Å²) in [7, 11) is 0. The second kappa shape index (κ2) is 11.3. The lowest BCUT2D eigenvalue weighted by Gasteiger charge is -2.22. The molecule has 0 bridgehead atoms. The first kappa shape index (κ1) is 28.9. The van der Waals surface area contributed by atoms with Crippen molar-refractivity contribution in [1.82, 2.24) is 4.57 Å². The van der Waals surface area contributed by atoms with E-state index in [1.165, 1.54) is 82.4 Å². The van der Waals surface area contributed by atoms with Crippen LogP contribution < -0.4 is 10.2 Å². The van der Waals surface area contributed by atoms with Crippen LogP contribution in [0, 0.1) is 0 Å². The van der Waals surface area contributed by atoms with Gasteiger partial charge in [0.25, 0.3) is 0 Å². The van der Waals surface area contributed by atoms with E-state index in [0.29, 0.717) is 0 Å². The minimum absolute atomic E-state index is 0.161. The molecule has 0 saturated carbocycles. The fourth-order valence-electron chi connectivity index (χ4n) is 8.62. The van der Waals surface area contributed by atoms with Gasteiger partial charge in [-0.05, 0) is 116 Å². The van der Waals surface area contributed by atoms with E-state index in [4.69, 9.17) is 0 Å². The van der Waals surface area contributed by atoms with Crippen LogP contribution in [0.25, 0.3) is 82.4 Å². The fourth-order valence-corrected chi connectivity index (χ4v) is 8.62. The Morgan fingerprint density at radius 2 is 0.962 bits per heavy atom. The summed E-state index contributed by atoms with van der Waals surface area (Å²) in [6.07, 6.45) is 8.72. The van der Waals surface area contributed by atoms with E-state index in [0.717, 1.165) is 11.4 Å². The molecule has 0 amide bonds. The zero-order valence-corrected chi connectivity index (χ0v) is 28.4. The SMILES string of the molecule is C1=CC2Nc3ccc(-c4ccc5c(c4)c4cc(-c6c7ccccc7c(-c7ccccc7)c7ccccc67)ccc4n5-c4ccccc4)cc3N2C=C1. The summed E-state index contributed by atoms with van der Waals surface area (Å²) in [5, 5.41) is 11.2. The Morgan fingerprint density at radius 1 is 0.423 bits per heavy atom.